The molecule has 0 amide bonds. The zero-order valence-corrected chi connectivity index (χ0v) is 7.80. The van der Waals surface area contributed by atoms with Crippen LogP contribution in [0.4, 0.5) is 13.2 Å². The number of aromatic nitrogens is 2. The Kier molecular flexibility index (Phi) is 2.05. The van der Waals surface area contributed by atoms with Crippen molar-refractivity contribution in [2.24, 2.45) is 5.92 Å². The molecule has 1 aromatic heterocycles. The number of halogens is 3. The van der Waals surface area contributed by atoms with E-state index in [-0.39, 0.29) is 0 Å². The molecule has 1 aliphatic carbocycles. The van der Waals surface area contributed by atoms with E-state index in [4.69, 9.17) is 0 Å². The molecule has 14 heavy (non-hydrogen) atoms. The lowest BCUT2D eigenvalue weighted by Crippen LogP contribution is -2.09. The van der Waals surface area contributed by atoms with E-state index < -0.39 is 11.9 Å². The number of nitrogens with zero attached hydrogens (tertiary/aromatic N) is 2. The van der Waals surface area contributed by atoms with Gasteiger partial charge in [0.15, 0.2) is 5.69 Å². The van der Waals surface area contributed by atoms with E-state index in [1.165, 1.54) is 4.68 Å². The fourth-order valence-corrected chi connectivity index (χ4v) is 1.38. The third kappa shape index (κ3) is 1.91. The molecule has 0 saturated heterocycles. The van der Waals surface area contributed by atoms with Crippen LogP contribution in [0.3, 0.4) is 0 Å². The maximum Gasteiger partial charge on any atom is 0.435 e. The highest BCUT2D eigenvalue weighted by Crippen LogP contribution is 2.32. The zero-order chi connectivity index (χ0) is 10.3. The molecule has 2 nitrogen and oxygen atoms in total. The van der Waals surface area contributed by atoms with Gasteiger partial charge in [0, 0.05) is 12.2 Å². The molecular formula is C9H11F3N2. The van der Waals surface area contributed by atoms with Crippen LogP contribution in [-0.4, -0.2) is 9.78 Å². The first-order valence-corrected chi connectivity index (χ1v) is 4.58. The van der Waals surface area contributed by atoms with Crippen molar-refractivity contribution in [2.75, 3.05) is 0 Å². The Morgan fingerprint density at radius 3 is 2.57 bits per heavy atom. The molecule has 0 bridgehead atoms. The third-order valence-corrected chi connectivity index (χ3v) is 2.40. The monoisotopic (exact) mass is 204 g/mol. The van der Waals surface area contributed by atoms with Crippen molar-refractivity contribution in [3.63, 3.8) is 0 Å². The first-order chi connectivity index (χ1) is 6.47. The van der Waals surface area contributed by atoms with Gasteiger partial charge in [0.2, 0.25) is 0 Å². The van der Waals surface area contributed by atoms with E-state index in [9.17, 15) is 13.2 Å². The average Bonchev–Trinajstić information content (AvgIpc) is 2.76. The van der Waals surface area contributed by atoms with Gasteiger partial charge in [-0.1, -0.05) is 0 Å². The molecule has 1 saturated carbocycles. The van der Waals surface area contributed by atoms with Crippen LogP contribution in [0.1, 0.15) is 24.2 Å². The van der Waals surface area contributed by atoms with Crippen molar-refractivity contribution in [3.8, 4) is 0 Å². The SMILES string of the molecule is Cc1cc(C(F)(F)F)nn1CC1CC1. The van der Waals surface area contributed by atoms with Crippen molar-refractivity contribution in [1.82, 2.24) is 9.78 Å². The number of alkyl halides is 3. The van der Waals surface area contributed by atoms with E-state index in [1.54, 1.807) is 6.92 Å². The van der Waals surface area contributed by atoms with Crippen LogP contribution in [0.25, 0.3) is 0 Å². The molecule has 78 valence electrons. The molecule has 0 radical (unpaired) electrons. The van der Waals surface area contributed by atoms with Gasteiger partial charge >= 0.3 is 6.18 Å². The van der Waals surface area contributed by atoms with Crippen molar-refractivity contribution < 1.29 is 13.2 Å². The molecular weight excluding hydrogens is 193 g/mol. The maximum absolute atomic E-state index is 12.3. The maximum atomic E-state index is 12.3. The smallest absolute Gasteiger partial charge is 0.269 e. The lowest BCUT2D eigenvalue weighted by molar-refractivity contribution is -0.141. The fraction of sp³-hybridized carbons (Fsp3) is 0.667. The summed E-state index contributed by atoms with van der Waals surface area (Å²) in [5.74, 6) is 0.537. The molecule has 0 N–H and O–H groups in total. The van der Waals surface area contributed by atoms with Crippen LogP contribution < -0.4 is 0 Å². The van der Waals surface area contributed by atoms with E-state index in [1.807, 2.05) is 0 Å². The number of hydrogen-bond acceptors (Lipinski definition) is 1. The number of aryl methyl sites for hydroxylation is 1. The van der Waals surface area contributed by atoms with Crippen LogP contribution in [0.2, 0.25) is 0 Å². The minimum absolute atomic E-state index is 0.537. The number of hydrogen-bond donors (Lipinski definition) is 0. The van der Waals surface area contributed by atoms with Crippen LogP contribution in [-0.2, 0) is 12.7 Å². The van der Waals surface area contributed by atoms with Gasteiger partial charge in [0.1, 0.15) is 0 Å². The summed E-state index contributed by atoms with van der Waals surface area (Å²) in [5.41, 5.74) is -0.195. The molecule has 0 unspecified atom stereocenters. The van der Waals surface area contributed by atoms with Gasteiger partial charge < -0.3 is 0 Å². The summed E-state index contributed by atoms with van der Waals surface area (Å²) in [6, 6.07) is 1.10. The van der Waals surface area contributed by atoms with Gasteiger partial charge in [-0.25, -0.2) is 0 Å². The van der Waals surface area contributed by atoms with E-state index in [0.29, 0.717) is 18.2 Å². The molecule has 1 heterocycles. The highest BCUT2D eigenvalue weighted by atomic mass is 19.4. The topological polar surface area (TPSA) is 17.8 Å². The summed E-state index contributed by atoms with van der Waals surface area (Å²) >= 11 is 0. The van der Waals surface area contributed by atoms with Crippen molar-refractivity contribution in [3.05, 3.63) is 17.5 Å². The molecule has 1 aromatic rings. The molecule has 0 aromatic carbocycles. The Morgan fingerprint density at radius 2 is 2.14 bits per heavy atom. The van der Waals surface area contributed by atoms with Gasteiger partial charge in [-0.05, 0) is 31.7 Å². The third-order valence-electron chi connectivity index (χ3n) is 2.40. The second-order valence-corrected chi connectivity index (χ2v) is 3.79. The van der Waals surface area contributed by atoms with E-state index >= 15 is 0 Å². The van der Waals surface area contributed by atoms with Crippen LogP contribution in [0, 0.1) is 12.8 Å². The Morgan fingerprint density at radius 1 is 1.50 bits per heavy atom. The molecule has 0 atom stereocenters. The van der Waals surface area contributed by atoms with Crippen molar-refractivity contribution >= 4 is 0 Å². The van der Waals surface area contributed by atoms with Gasteiger partial charge in [0.25, 0.3) is 0 Å². The lowest BCUT2D eigenvalue weighted by Gasteiger charge is -2.02. The molecule has 0 spiro atoms. The lowest BCUT2D eigenvalue weighted by atomic mass is 10.3. The Hall–Kier alpha value is -1.00. The Balaban J connectivity index is 2.19. The molecule has 2 rings (SSSR count). The zero-order valence-electron chi connectivity index (χ0n) is 7.80. The summed E-state index contributed by atoms with van der Waals surface area (Å²) in [5, 5.41) is 3.55. The van der Waals surface area contributed by atoms with Crippen molar-refractivity contribution in [1.29, 1.82) is 0 Å². The second kappa shape index (κ2) is 3.00. The largest absolute Gasteiger partial charge is 0.435 e. The molecule has 1 fully saturated rings. The van der Waals surface area contributed by atoms with Crippen LogP contribution in [0.15, 0.2) is 6.07 Å². The summed E-state index contributed by atoms with van der Waals surface area (Å²) in [6.45, 7) is 2.28. The average molecular weight is 204 g/mol. The summed E-state index contributed by atoms with van der Waals surface area (Å²) < 4.78 is 38.2. The number of rotatable bonds is 2. The normalized spacial score (nSPS) is 17.4. The standard InChI is InChI=1S/C9H11F3N2/c1-6-4-8(9(10,11)12)13-14(6)5-7-2-3-7/h4,7H,2-3,5H2,1H3. The minimum atomic E-state index is -4.32. The van der Waals surface area contributed by atoms with Gasteiger partial charge in [-0.2, -0.15) is 18.3 Å². The highest BCUT2D eigenvalue weighted by Gasteiger charge is 2.35. The first-order valence-electron chi connectivity index (χ1n) is 4.58. The van der Waals surface area contributed by atoms with Crippen molar-refractivity contribution in [2.45, 2.75) is 32.5 Å². The van der Waals surface area contributed by atoms with Gasteiger partial charge in [-0.3, -0.25) is 4.68 Å². The predicted octanol–water partition coefficient (Wildman–Crippen LogP) is 2.62. The Labute approximate surface area is 79.7 Å². The van der Waals surface area contributed by atoms with Crippen LogP contribution >= 0.6 is 0 Å². The molecule has 0 aliphatic heterocycles. The van der Waals surface area contributed by atoms with Gasteiger partial charge in [-0.15, -0.1) is 0 Å². The highest BCUT2D eigenvalue weighted by molar-refractivity contribution is 5.11. The first kappa shape index (κ1) is 9.55. The molecule has 1 aliphatic rings. The second-order valence-electron chi connectivity index (χ2n) is 3.79. The quantitative estimate of drug-likeness (QED) is 0.724. The predicted molar refractivity (Wildman–Crippen MR) is 44.7 cm³/mol. The molecule has 5 heteroatoms. The fourth-order valence-electron chi connectivity index (χ4n) is 1.38. The van der Waals surface area contributed by atoms with E-state index in [2.05, 4.69) is 5.10 Å². The minimum Gasteiger partial charge on any atom is -0.269 e. The van der Waals surface area contributed by atoms with Gasteiger partial charge in [0.05, 0.1) is 0 Å². The van der Waals surface area contributed by atoms with Crippen LogP contribution in [0.5, 0.6) is 0 Å². The summed E-state index contributed by atoms with van der Waals surface area (Å²) in [4.78, 5) is 0. The summed E-state index contributed by atoms with van der Waals surface area (Å²) in [7, 11) is 0. The van der Waals surface area contributed by atoms with E-state index in [0.717, 1.165) is 18.9 Å². The summed E-state index contributed by atoms with van der Waals surface area (Å²) in [6.07, 6.45) is -2.10. The Bertz CT molecular complexity index is 336.